The molecular weight excluding hydrogens is 493 g/mol. The number of aryl methyl sites for hydroxylation is 2. The summed E-state index contributed by atoms with van der Waals surface area (Å²) in [7, 11) is 0. The Balaban J connectivity index is 0.00000320. The van der Waals surface area contributed by atoms with Crippen LogP contribution in [0.3, 0.4) is 0 Å². The van der Waals surface area contributed by atoms with Gasteiger partial charge in [-0.3, -0.25) is 9.89 Å². The van der Waals surface area contributed by atoms with E-state index in [1.54, 1.807) is 0 Å². The van der Waals surface area contributed by atoms with Crippen LogP contribution in [0.15, 0.2) is 33.7 Å². The number of guanidine groups is 1. The first-order valence-corrected chi connectivity index (χ1v) is 10.4. The second-order valence-corrected chi connectivity index (χ2v) is 8.01. The average molecular weight is 527 g/mol. The quantitative estimate of drug-likeness (QED) is 0.317. The Hall–Kier alpha value is -1.81. The number of piperidine rings is 1. The monoisotopic (exact) mass is 527 g/mol. The van der Waals surface area contributed by atoms with E-state index in [1.807, 2.05) is 52.0 Å². The van der Waals surface area contributed by atoms with Gasteiger partial charge in [0.15, 0.2) is 5.96 Å². The van der Waals surface area contributed by atoms with Crippen LogP contribution in [0, 0.1) is 19.8 Å². The summed E-state index contributed by atoms with van der Waals surface area (Å²) in [6.45, 7) is 11.6. The fourth-order valence-electron chi connectivity index (χ4n) is 3.43. The summed E-state index contributed by atoms with van der Waals surface area (Å²) in [5.74, 6) is 3.59. The third-order valence-electron chi connectivity index (χ3n) is 5.16. The molecule has 0 aliphatic carbocycles. The summed E-state index contributed by atoms with van der Waals surface area (Å²) < 4.78 is 11.3. The smallest absolute Gasteiger partial charge is 0.208 e. The molecule has 166 valence electrons. The molecule has 2 aromatic rings. The van der Waals surface area contributed by atoms with Crippen molar-refractivity contribution in [3.63, 3.8) is 0 Å². The van der Waals surface area contributed by atoms with Crippen molar-refractivity contribution in [2.75, 3.05) is 25.0 Å². The van der Waals surface area contributed by atoms with Crippen molar-refractivity contribution in [2.45, 2.75) is 53.2 Å². The third kappa shape index (κ3) is 7.46. The number of likely N-dealkylation sites (tertiary alicyclic amines) is 1. The Morgan fingerprint density at radius 3 is 2.50 bits per heavy atom. The highest BCUT2D eigenvalue weighted by atomic mass is 127. The number of rotatable bonds is 7. The molecule has 1 aromatic heterocycles. The molecule has 0 amide bonds. The second kappa shape index (κ2) is 11.5. The van der Waals surface area contributed by atoms with Crippen molar-refractivity contribution in [3.05, 3.63) is 41.6 Å². The van der Waals surface area contributed by atoms with E-state index in [2.05, 4.69) is 20.2 Å². The number of hydrogen-bond donors (Lipinski definition) is 2. The van der Waals surface area contributed by atoms with Gasteiger partial charge in [0.1, 0.15) is 11.5 Å². The number of benzene rings is 1. The number of ether oxygens (including phenoxy) is 1. The first kappa shape index (κ1) is 24.5. The van der Waals surface area contributed by atoms with Crippen LogP contribution >= 0.6 is 24.0 Å². The molecule has 0 saturated carbocycles. The molecule has 1 aromatic carbocycles. The van der Waals surface area contributed by atoms with Crippen molar-refractivity contribution >= 4 is 35.6 Å². The second-order valence-electron chi connectivity index (χ2n) is 8.01. The topological polar surface area (TPSA) is 88.9 Å². The van der Waals surface area contributed by atoms with Gasteiger partial charge in [-0.15, -0.1) is 24.0 Å². The van der Waals surface area contributed by atoms with E-state index in [-0.39, 0.29) is 30.1 Å². The summed E-state index contributed by atoms with van der Waals surface area (Å²) in [6, 6.07) is 7.76. The highest BCUT2D eigenvalue weighted by Crippen LogP contribution is 2.20. The normalized spacial score (nSPS) is 15.8. The van der Waals surface area contributed by atoms with Crippen molar-refractivity contribution in [1.29, 1.82) is 0 Å². The largest absolute Gasteiger partial charge is 0.491 e. The molecule has 1 aliphatic heterocycles. The van der Waals surface area contributed by atoms with E-state index in [4.69, 9.17) is 14.9 Å². The van der Waals surface area contributed by atoms with Gasteiger partial charge in [-0.05, 0) is 83.8 Å². The van der Waals surface area contributed by atoms with Gasteiger partial charge in [-0.2, -0.15) is 0 Å². The van der Waals surface area contributed by atoms with Crippen LogP contribution in [0.2, 0.25) is 0 Å². The number of oxazole rings is 1. The molecule has 2 heterocycles. The Bertz CT molecular complexity index is 792. The number of anilines is 1. The zero-order valence-corrected chi connectivity index (χ0v) is 20.7. The van der Waals surface area contributed by atoms with Gasteiger partial charge < -0.3 is 20.2 Å². The van der Waals surface area contributed by atoms with Gasteiger partial charge >= 0.3 is 0 Å². The van der Waals surface area contributed by atoms with E-state index in [0.29, 0.717) is 11.9 Å². The van der Waals surface area contributed by atoms with Crippen LogP contribution in [0.1, 0.15) is 44.0 Å². The number of nitrogens with two attached hydrogens (primary N) is 1. The predicted molar refractivity (Wildman–Crippen MR) is 132 cm³/mol. The standard InChI is InChI=1S/C22H33N5O2.HI/c1-15(2)28-20-7-5-19(6-8-20)26-22(23)24-13-18-9-11-27(12-10-18)14-21-25-16(3)17(4)29-21;/h5-8,15,18H,9-14H2,1-4H3,(H3,23,24,26);1H. The van der Waals surface area contributed by atoms with Gasteiger partial charge in [-0.25, -0.2) is 4.98 Å². The molecule has 0 atom stereocenters. The fourth-order valence-corrected chi connectivity index (χ4v) is 3.43. The van der Waals surface area contributed by atoms with Gasteiger partial charge in [0.05, 0.1) is 18.3 Å². The molecule has 1 aliphatic rings. The number of hydrogen-bond acceptors (Lipinski definition) is 5. The summed E-state index contributed by atoms with van der Waals surface area (Å²) in [4.78, 5) is 11.4. The first-order chi connectivity index (χ1) is 13.9. The summed E-state index contributed by atoms with van der Waals surface area (Å²) in [5, 5.41) is 3.15. The molecule has 0 bridgehead atoms. The lowest BCUT2D eigenvalue weighted by molar-refractivity contribution is 0.166. The van der Waals surface area contributed by atoms with Crippen molar-refractivity contribution in [1.82, 2.24) is 9.88 Å². The summed E-state index contributed by atoms with van der Waals surface area (Å²) in [6.07, 6.45) is 2.38. The van der Waals surface area contributed by atoms with E-state index in [0.717, 1.165) is 67.8 Å². The van der Waals surface area contributed by atoms with E-state index >= 15 is 0 Å². The van der Waals surface area contributed by atoms with E-state index in [9.17, 15) is 0 Å². The molecule has 1 saturated heterocycles. The first-order valence-electron chi connectivity index (χ1n) is 10.4. The maximum Gasteiger partial charge on any atom is 0.208 e. The van der Waals surface area contributed by atoms with Crippen LogP contribution in [-0.2, 0) is 6.54 Å². The molecule has 1 fully saturated rings. The summed E-state index contributed by atoms with van der Waals surface area (Å²) >= 11 is 0. The van der Waals surface area contributed by atoms with Crippen LogP contribution in [0.4, 0.5) is 5.69 Å². The van der Waals surface area contributed by atoms with Crippen LogP contribution in [0.5, 0.6) is 5.75 Å². The lowest BCUT2D eigenvalue weighted by Crippen LogP contribution is -2.34. The van der Waals surface area contributed by atoms with Crippen LogP contribution < -0.4 is 15.8 Å². The number of nitrogens with zero attached hydrogens (tertiary/aromatic N) is 3. The molecule has 30 heavy (non-hydrogen) atoms. The molecule has 7 nitrogen and oxygen atoms in total. The lowest BCUT2D eigenvalue weighted by Gasteiger charge is -2.30. The zero-order chi connectivity index (χ0) is 20.8. The maximum absolute atomic E-state index is 6.06. The average Bonchev–Trinajstić information content (AvgIpc) is 2.99. The van der Waals surface area contributed by atoms with Crippen LogP contribution in [0.25, 0.3) is 0 Å². The number of nitrogens with one attached hydrogen (secondary N) is 1. The van der Waals surface area contributed by atoms with Gasteiger partial charge in [0.2, 0.25) is 5.89 Å². The van der Waals surface area contributed by atoms with E-state index in [1.165, 1.54) is 0 Å². The molecule has 0 radical (unpaired) electrons. The van der Waals surface area contributed by atoms with Crippen molar-refractivity contribution < 1.29 is 9.15 Å². The fraction of sp³-hybridized carbons (Fsp3) is 0.545. The third-order valence-corrected chi connectivity index (χ3v) is 5.16. The van der Waals surface area contributed by atoms with Gasteiger partial charge in [0.25, 0.3) is 0 Å². The van der Waals surface area contributed by atoms with Gasteiger partial charge in [0, 0.05) is 12.2 Å². The minimum atomic E-state index is 0. The SMILES string of the molecule is Cc1nc(CN2CCC(CN=C(N)Nc3ccc(OC(C)C)cc3)CC2)oc1C.I. The lowest BCUT2D eigenvalue weighted by atomic mass is 9.97. The van der Waals surface area contributed by atoms with Crippen molar-refractivity contribution in [2.24, 2.45) is 16.6 Å². The summed E-state index contributed by atoms with van der Waals surface area (Å²) in [5.41, 5.74) is 7.96. The highest BCUT2D eigenvalue weighted by molar-refractivity contribution is 14.0. The molecule has 0 unspecified atom stereocenters. The highest BCUT2D eigenvalue weighted by Gasteiger charge is 2.20. The maximum atomic E-state index is 6.06. The molecule has 3 rings (SSSR count). The number of aromatic nitrogens is 1. The Morgan fingerprint density at radius 2 is 1.93 bits per heavy atom. The van der Waals surface area contributed by atoms with E-state index < -0.39 is 0 Å². The number of halogens is 1. The van der Waals surface area contributed by atoms with Gasteiger partial charge in [-0.1, -0.05) is 0 Å². The predicted octanol–water partition coefficient (Wildman–Crippen LogP) is 4.34. The van der Waals surface area contributed by atoms with Crippen molar-refractivity contribution in [3.8, 4) is 5.75 Å². The Kier molecular flexibility index (Phi) is 9.41. The molecule has 0 spiro atoms. The zero-order valence-electron chi connectivity index (χ0n) is 18.4. The molecular formula is C22H34IN5O2. The molecule has 3 N–H and O–H groups in total. The number of aliphatic imine (C=N–C) groups is 1. The molecule has 8 heteroatoms. The Labute approximate surface area is 196 Å². The Morgan fingerprint density at radius 1 is 1.27 bits per heavy atom. The minimum absolute atomic E-state index is 0. The minimum Gasteiger partial charge on any atom is -0.491 e. The van der Waals surface area contributed by atoms with Crippen LogP contribution in [-0.4, -0.2) is 41.6 Å².